The van der Waals surface area contributed by atoms with Gasteiger partial charge in [-0.15, -0.1) is 0 Å². The molecule has 2 aromatic rings. The van der Waals surface area contributed by atoms with Crippen LogP contribution < -0.4 is 0 Å². The number of carbonyl (C=O) groups excluding carboxylic acids is 1. The molecule has 0 spiro atoms. The lowest BCUT2D eigenvalue weighted by Crippen LogP contribution is -2.13. The molecule has 15 heavy (non-hydrogen) atoms. The number of nitrogens with zero attached hydrogens (tertiary/aromatic N) is 1. The van der Waals surface area contributed by atoms with Gasteiger partial charge in [0, 0.05) is 5.39 Å². The lowest BCUT2D eigenvalue weighted by atomic mass is 10.1. The number of hydrogen-bond acceptors (Lipinski definition) is 5. The predicted octanol–water partition coefficient (Wildman–Crippen LogP) is 1.03. The molecule has 0 amide bonds. The number of carbonyl (C=O) groups is 1. The van der Waals surface area contributed by atoms with E-state index in [9.17, 15) is 9.90 Å². The monoisotopic (exact) mass is 207 g/mol. The Hall–Kier alpha value is -1.88. The van der Waals surface area contributed by atoms with Crippen LogP contribution >= 0.6 is 0 Å². The molecular formula is C10H9NO4. The van der Waals surface area contributed by atoms with Crippen molar-refractivity contribution in [3.05, 3.63) is 30.0 Å². The smallest absolute Gasteiger partial charge is 0.339 e. The molecule has 1 heterocycles. The maximum absolute atomic E-state index is 11.1. The fourth-order valence-electron chi connectivity index (χ4n) is 1.31. The molecule has 1 aromatic carbocycles. The van der Waals surface area contributed by atoms with Gasteiger partial charge < -0.3 is 14.4 Å². The van der Waals surface area contributed by atoms with Crippen molar-refractivity contribution in [1.82, 2.24) is 5.16 Å². The average Bonchev–Trinajstić information content (AvgIpc) is 2.73. The van der Waals surface area contributed by atoms with E-state index in [4.69, 9.17) is 4.52 Å². The molecule has 0 aliphatic rings. The van der Waals surface area contributed by atoms with Crippen LogP contribution in [-0.4, -0.2) is 23.3 Å². The second-order valence-corrected chi connectivity index (χ2v) is 3.05. The van der Waals surface area contributed by atoms with E-state index in [1.807, 2.05) is 0 Å². The minimum atomic E-state index is -1.27. The number of aliphatic hydroxyl groups excluding tert-OH is 1. The van der Waals surface area contributed by atoms with Crippen LogP contribution in [0.4, 0.5) is 0 Å². The zero-order valence-electron chi connectivity index (χ0n) is 8.01. The first kappa shape index (κ1) is 9.67. The van der Waals surface area contributed by atoms with Gasteiger partial charge in [0.2, 0.25) is 0 Å². The Bertz CT molecular complexity index is 491. The summed E-state index contributed by atoms with van der Waals surface area (Å²) in [6, 6.07) is 4.87. The van der Waals surface area contributed by atoms with Crippen LogP contribution in [0.1, 0.15) is 11.7 Å². The van der Waals surface area contributed by atoms with Crippen molar-refractivity contribution in [2.24, 2.45) is 0 Å². The highest BCUT2D eigenvalue weighted by molar-refractivity contribution is 5.81. The van der Waals surface area contributed by atoms with E-state index in [0.717, 1.165) is 5.39 Å². The Morgan fingerprint density at radius 3 is 3.13 bits per heavy atom. The van der Waals surface area contributed by atoms with Crippen molar-refractivity contribution in [1.29, 1.82) is 0 Å². The van der Waals surface area contributed by atoms with Crippen LogP contribution in [-0.2, 0) is 9.53 Å². The summed E-state index contributed by atoms with van der Waals surface area (Å²) in [5.74, 6) is -0.689. The highest BCUT2D eigenvalue weighted by Gasteiger charge is 2.18. The maximum Gasteiger partial charge on any atom is 0.339 e. The third kappa shape index (κ3) is 1.69. The fraction of sp³-hybridized carbons (Fsp3) is 0.200. The molecule has 0 radical (unpaired) electrons. The SMILES string of the molecule is COC(=O)C(O)c1ccc2oncc2c1. The summed E-state index contributed by atoms with van der Waals surface area (Å²) in [5, 5.41) is 13.9. The molecule has 0 bridgehead atoms. The molecule has 0 saturated heterocycles. The maximum atomic E-state index is 11.1. The van der Waals surface area contributed by atoms with Crippen molar-refractivity contribution in [2.45, 2.75) is 6.10 Å². The Morgan fingerprint density at radius 2 is 2.40 bits per heavy atom. The lowest BCUT2D eigenvalue weighted by Gasteiger charge is -2.07. The summed E-state index contributed by atoms with van der Waals surface area (Å²) in [6.45, 7) is 0. The second kappa shape index (κ2) is 3.70. The molecule has 1 N–H and O–H groups in total. The predicted molar refractivity (Wildman–Crippen MR) is 51.0 cm³/mol. The standard InChI is InChI=1S/C10H9NO4/c1-14-10(13)9(12)6-2-3-8-7(4-6)5-11-15-8/h2-5,9,12H,1H3. The fourth-order valence-corrected chi connectivity index (χ4v) is 1.31. The van der Waals surface area contributed by atoms with Gasteiger partial charge in [-0.2, -0.15) is 0 Å². The van der Waals surface area contributed by atoms with Crippen molar-refractivity contribution in [3.63, 3.8) is 0 Å². The van der Waals surface area contributed by atoms with Gasteiger partial charge in [-0.05, 0) is 17.7 Å². The van der Waals surface area contributed by atoms with Gasteiger partial charge in [-0.25, -0.2) is 4.79 Å². The molecule has 2 rings (SSSR count). The number of benzene rings is 1. The summed E-state index contributed by atoms with van der Waals surface area (Å²) in [5.41, 5.74) is 1.06. The molecule has 5 heteroatoms. The van der Waals surface area contributed by atoms with Crippen LogP contribution in [0.5, 0.6) is 0 Å². The Balaban J connectivity index is 2.39. The number of esters is 1. The molecule has 1 unspecified atom stereocenters. The van der Waals surface area contributed by atoms with E-state index in [-0.39, 0.29) is 0 Å². The Labute approximate surface area is 85.2 Å². The molecule has 5 nitrogen and oxygen atoms in total. The van der Waals surface area contributed by atoms with E-state index < -0.39 is 12.1 Å². The first-order chi connectivity index (χ1) is 7.22. The van der Waals surface area contributed by atoms with Crippen LogP contribution in [0.25, 0.3) is 11.0 Å². The zero-order valence-corrected chi connectivity index (χ0v) is 8.01. The summed E-state index contributed by atoms with van der Waals surface area (Å²) in [7, 11) is 1.23. The number of aromatic nitrogens is 1. The molecule has 0 aliphatic heterocycles. The van der Waals surface area contributed by atoms with Crippen LogP contribution in [0.2, 0.25) is 0 Å². The minimum Gasteiger partial charge on any atom is -0.467 e. The van der Waals surface area contributed by atoms with Crippen LogP contribution in [0.15, 0.2) is 28.9 Å². The number of fused-ring (bicyclic) bond motifs is 1. The van der Waals surface area contributed by atoms with Gasteiger partial charge in [0.25, 0.3) is 0 Å². The van der Waals surface area contributed by atoms with Gasteiger partial charge in [0.15, 0.2) is 11.7 Å². The van der Waals surface area contributed by atoms with E-state index in [1.165, 1.54) is 13.3 Å². The van der Waals surface area contributed by atoms with Crippen molar-refractivity contribution in [3.8, 4) is 0 Å². The quantitative estimate of drug-likeness (QED) is 0.744. The second-order valence-electron chi connectivity index (χ2n) is 3.05. The van der Waals surface area contributed by atoms with Gasteiger partial charge in [0.05, 0.1) is 13.3 Å². The number of ether oxygens (including phenoxy) is 1. The minimum absolute atomic E-state index is 0.456. The number of hydrogen-bond donors (Lipinski definition) is 1. The van der Waals surface area contributed by atoms with Crippen molar-refractivity contribution < 1.29 is 19.2 Å². The topological polar surface area (TPSA) is 72.6 Å². The summed E-state index contributed by atoms with van der Waals surface area (Å²) in [6.07, 6.45) is 0.248. The summed E-state index contributed by atoms with van der Waals surface area (Å²) in [4.78, 5) is 11.1. The first-order valence-electron chi connectivity index (χ1n) is 4.32. The Kier molecular flexibility index (Phi) is 2.39. The molecule has 0 saturated carbocycles. The molecule has 0 fully saturated rings. The van der Waals surface area contributed by atoms with Gasteiger partial charge >= 0.3 is 5.97 Å². The third-order valence-corrected chi connectivity index (χ3v) is 2.12. The van der Waals surface area contributed by atoms with Gasteiger partial charge in [0.1, 0.15) is 0 Å². The van der Waals surface area contributed by atoms with E-state index >= 15 is 0 Å². The van der Waals surface area contributed by atoms with Crippen molar-refractivity contribution in [2.75, 3.05) is 7.11 Å². The third-order valence-electron chi connectivity index (χ3n) is 2.12. The van der Waals surface area contributed by atoms with Gasteiger partial charge in [-0.1, -0.05) is 11.2 Å². The average molecular weight is 207 g/mol. The summed E-state index contributed by atoms with van der Waals surface area (Å²) >= 11 is 0. The van der Waals surface area contributed by atoms with Crippen LogP contribution in [0.3, 0.4) is 0 Å². The number of aliphatic hydroxyl groups is 1. The Morgan fingerprint density at radius 1 is 1.60 bits per heavy atom. The molecule has 78 valence electrons. The van der Waals surface area contributed by atoms with E-state index in [0.29, 0.717) is 11.1 Å². The van der Waals surface area contributed by atoms with Crippen molar-refractivity contribution >= 4 is 16.9 Å². The lowest BCUT2D eigenvalue weighted by molar-refractivity contribution is -0.150. The molecule has 0 aliphatic carbocycles. The molecule has 1 atom stereocenters. The van der Waals surface area contributed by atoms with E-state index in [2.05, 4.69) is 9.89 Å². The number of methoxy groups -OCH3 is 1. The van der Waals surface area contributed by atoms with Crippen LogP contribution in [0, 0.1) is 0 Å². The molecule has 1 aromatic heterocycles. The highest BCUT2D eigenvalue weighted by Crippen LogP contribution is 2.20. The van der Waals surface area contributed by atoms with Gasteiger partial charge in [-0.3, -0.25) is 0 Å². The zero-order chi connectivity index (χ0) is 10.8. The largest absolute Gasteiger partial charge is 0.467 e. The first-order valence-corrected chi connectivity index (χ1v) is 4.32. The number of rotatable bonds is 2. The highest BCUT2D eigenvalue weighted by atomic mass is 16.5. The molecular weight excluding hydrogens is 198 g/mol. The normalized spacial score (nSPS) is 12.7. The summed E-state index contributed by atoms with van der Waals surface area (Å²) < 4.78 is 9.32. The van der Waals surface area contributed by atoms with E-state index in [1.54, 1.807) is 18.2 Å².